The minimum atomic E-state index is -4.65. The Balaban J connectivity index is 4.25. The molecule has 76 heavy (non-hydrogen) atoms. The number of phosphoric ester groups is 1. The molecule has 0 aliphatic carbocycles. The number of hydrogen-bond donors (Lipinski definition) is 0. The molecule has 0 amide bonds. The van der Waals surface area contributed by atoms with Crippen LogP contribution in [0.15, 0.2) is 122 Å². The van der Waals surface area contributed by atoms with Crippen LogP contribution in [0, 0.1) is 0 Å². The predicted molar refractivity (Wildman–Crippen MR) is 323 cm³/mol. The smallest absolute Gasteiger partial charge is 0.306 e. The lowest BCUT2D eigenvalue weighted by Crippen LogP contribution is -2.37. The summed E-state index contributed by atoms with van der Waals surface area (Å²) in [5, 5.41) is 0. The number of phosphoric acid groups is 1. The summed E-state index contributed by atoms with van der Waals surface area (Å²) in [5.41, 5.74) is 0. The molecular formula is C66H112NO8P. The van der Waals surface area contributed by atoms with E-state index in [4.69, 9.17) is 18.5 Å². The van der Waals surface area contributed by atoms with E-state index < -0.39 is 32.5 Å². The van der Waals surface area contributed by atoms with Crippen molar-refractivity contribution in [2.75, 3.05) is 47.5 Å². The molecule has 2 atom stereocenters. The molecule has 0 saturated carbocycles. The van der Waals surface area contributed by atoms with E-state index in [-0.39, 0.29) is 26.1 Å². The van der Waals surface area contributed by atoms with E-state index in [1.807, 2.05) is 21.1 Å². The van der Waals surface area contributed by atoms with Gasteiger partial charge >= 0.3 is 11.9 Å². The first-order valence-corrected chi connectivity index (χ1v) is 31.7. The summed E-state index contributed by atoms with van der Waals surface area (Å²) in [6.45, 7) is 4.08. The van der Waals surface area contributed by atoms with Crippen LogP contribution in [0.3, 0.4) is 0 Å². The number of rotatable bonds is 54. The van der Waals surface area contributed by atoms with Gasteiger partial charge in [-0.2, -0.15) is 0 Å². The van der Waals surface area contributed by atoms with Gasteiger partial charge in [-0.3, -0.25) is 14.2 Å². The van der Waals surface area contributed by atoms with Gasteiger partial charge in [-0.05, 0) is 109 Å². The Morgan fingerprint density at radius 1 is 0.421 bits per heavy atom. The van der Waals surface area contributed by atoms with Gasteiger partial charge < -0.3 is 27.9 Å². The fourth-order valence-corrected chi connectivity index (χ4v) is 8.55. The molecular weight excluding hydrogens is 966 g/mol. The number of esters is 2. The van der Waals surface area contributed by atoms with Crippen molar-refractivity contribution in [1.82, 2.24) is 0 Å². The Hall–Kier alpha value is -3.59. The average Bonchev–Trinajstić information content (AvgIpc) is 3.38. The SMILES string of the molecule is CC/C=C\C/C=C\C/C=C\C/C=C\C/C=C\C/C=C\C/C=C\CCCCCCCC(=O)OC(COC(=O)CCCCCCCCCCCC/C=C\C/C=C\C/C=C\CCCCCCC)COP(=O)([O-])OCC[N+](C)(C)C. The van der Waals surface area contributed by atoms with Crippen molar-refractivity contribution >= 4 is 19.8 Å². The van der Waals surface area contributed by atoms with E-state index in [9.17, 15) is 19.0 Å². The van der Waals surface area contributed by atoms with Crippen LogP contribution in [-0.4, -0.2) is 70.0 Å². The Labute approximate surface area is 467 Å². The van der Waals surface area contributed by atoms with Gasteiger partial charge in [-0.15, -0.1) is 0 Å². The molecule has 0 N–H and O–H groups in total. The second-order valence-corrected chi connectivity index (χ2v) is 22.4. The quantitative estimate of drug-likeness (QED) is 0.0195. The maximum absolute atomic E-state index is 12.8. The van der Waals surface area contributed by atoms with Crippen molar-refractivity contribution in [2.45, 2.75) is 238 Å². The average molecular weight is 1080 g/mol. The Morgan fingerprint density at radius 2 is 0.750 bits per heavy atom. The minimum absolute atomic E-state index is 0.0425. The number of allylic oxidation sites excluding steroid dienone is 20. The molecule has 2 unspecified atom stereocenters. The summed E-state index contributed by atoms with van der Waals surface area (Å²) in [6.07, 6.45) is 79.5. The van der Waals surface area contributed by atoms with E-state index in [0.29, 0.717) is 17.4 Å². The van der Waals surface area contributed by atoms with Gasteiger partial charge in [0.2, 0.25) is 0 Å². The molecule has 0 spiro atoms. The van der Waals surface area contributed by atoms with Crippen LogP contribution in [0.2, 0.25) is 0 Å². The number of unbranched alkanes of at least 4 members (excludes halogenated alkanes) is 20. The zero-order valence-electron chi connectivity index (χ0n) is 49.2. The van der Waals surface area contributed by atoms with Crippen molar-refractivity contribution in [1.29, 1.82) is 0 Å². The molecule has 0 aliphatic heterocycles. The first-order valence-electron chi connectivity index (χ1n) is 30.2. The second kappa shape index (κ2) is 56.1. The molecule has 9 nitrogen and oxygen atoms in total. The monoisotopic (exact) mass is 1080 g/mol. The summed E-state index contributed by atoms with van der Waals surface area (Å²) in [7, 11) is 1.13. The topological polar surface area (TPSA) is 111 Å². The summed E-state index contributed by atoms with van der Waals surface area (Å²) in [5.74, 6) is -0.867. The third-order valence-electron chi connectivity index (χ3n) is 12.5. The van der Waals surface area contributed by atoms with Crippen LogP contribution < -0.4 is 4.89 Å². The summed E-state index contributed by atoms with van der Waals surface area (Å²) >= 11 is 0. The normalized spacial score (nSPS) is 14.1. The molecule has 10 heteroatoms. The fourth-order valence-electron chi connectivity index (χ4n) is 7.82. The van der Waals surface area contributed by atoms with Crippen LogP contribution in [0.1, 0.15) is 232 Å². The standard InChI is InChI=1S/C66H112NO8P/c1-6-8-10-12-14-16-18-20-22-24-26-28-30-32-33-35-37-39-41-43-45-47-49-51-53-55-57-59-66(69)75-64(63-74-76(70,71)73-61-60-67(3,4)5)62-72-65(68)58-56-54-52-50-48-46-44-42-40-38-36-34-31-29-27-25-23-21-19-17-15-13-11-9-7-2/h8,10,14,16,19-22,25-28,31-34,37,39,43,45,64H,6-7,9,11-13,15,17-18,23-24,29-30,35-36,38,40-42,44,46-63H2,1-5H3/b10-8-,16-14-,21-19-,22-20-,27-25-,28-26-,33-32-,34-31-,39-37-,45-43-. The molecule has 434 valence electrons. The maximum Gasteiger partial charge on any atom is 0.306 e. The van der Waals surface area contributed by atoms with Crippen molar-refractivity contribution < 1.29 is 42.1 Å². The number of nitrogens with zero attached hydrogens (tertiary/aromatic N) is 1. The van der Waals surface area contributed by atoms with Gasteiger partial charge in [0.15, 0.2) is 6.10 Å². The molecule has 0 aliphatic rings. The Kier molecular flexibility index (Phi) is 53.5. The van der Waals surface area contributed by atoms with Crippen LogP contribution in [0.5, 0.6) is 0 Å². The summed E-state index contributed by atoms with van der Waals surface area (Å²) in [6, 6.07) is 0. The van der Waals surface area contributed by atoms with E-state index in [1.54, 1.807) is 0 Å². The first kappa shape index (κ1) is 72.4. The number of carbonyl (C=O) groups excluding carboxylic acids is 2. The highest BCUT2D eigenvalue weighted by molar-refractivity contribution is 7.45. The van der Waals surface area contributed by atoms with Gasteiger partial charge in [0.05, 0.1) is 27.7 Å². The van der Waals surface area contributed by atoms with E-state index in [0.717, 1.165) is 122 Å². The molecule has 0 aromatic rings. The first-order chi connectivity index (χ1) is 37.0. The molecule has 0 radical (unpaired) electrons. The number of carbonyl (C=O) groups is 2. The van der Waals surface area contributed by atoms with Crippen LogP contribution in [-0.2, 0) is 32.7 Å². The number of likely N-dealkylation sites (N-methyl/N-ethyl adjacent to an activating group) is 1. The van der Waals surface area contributed by atoms with Gasteiger partial charge in [0.25, 0.3) is 7.82 Å². The molecule has 0 saturated heterocycles. The van der Waals surface area contributed by atoms with Gasteiger partial charge in [-0.25, -0.2) is 0 Å². The lowest BCUT2D eigenvalue weighted by atomic mass is 10.1. The maximum atomic E-state index is 12.8. The Bertz CT molecular complexity index is 1700. The highest BCUT2D eigenvalue weighted by Gasteiger charge is 2.21. The third kappa shape index (κ3) is 59.7. The van der Waals surface area contributed by atoms with Crippen LogP contribution >= 0.6 is 7.82 Å². The van der Waals surface area contributed by atoms with Crippen molar-refractivity contribution in [3.63, 3.8) is 0 Å². The molecule has 0 fully saturated rings. The molecule has 0 aromatic carbocycles. The third-order valence-corrected chi connectivity index (χ3v) is 13.4. The highest BCUT2D eigenvalue weighted by atomic mass is 31.2. The molecule has 0 rings (SSSR count). The molecule has 0 bridgehead atoms. The predicted octanol–water partition coefficient (Wildman–Crippen LogP) is 18.5. The van der Waals surface area contributed by atoms with Crippen LogP contribution in [0.25, 0.3) is 0 Å². The Morgan fingerprint density at radius 3 is 1.12 bits per heavy atom. The summed E-state index contributed by atoms with van der Waals surface area (Å²) < 4.78 is 34.2. The molecule has 0 heterocycles. The minimum Gasteiger partial charge on any atom is -0.756 e. The van der Waals surface area contributed by atoms with Crippen molar-refractivity contribution in [3.05, 3.63) is 122 Å². The van der Waals surface area contributed by atoms with Crippen molar-refractivity contribution in [3.8, 4) is 0 Å². The highest BCUT2D eigenvalue weighted by Crippen LogP contribution is 2.38. The fraction of sp³-hybridized carbons (Fsp3) is 0.667. The zero-order chi connectivity index (χ0) is 55.6. The van der Waals surface area contributed by atoms with E-state index in [2.05, 4.69) is 135 Å². The van der Waals surface area contributed by atoms with Gasteiger partial charge in [0.1, 0.15) is 19.8 Å². The largest absolute Gasteiger partial charge is 0.756 e. The van der Waals surface area contributed by atoms with Gasteiger partial charge in [0, 0.05) is 12.8 Å². The number of hydrogen-bond acceptors (Lipinski definition) is 8. The van der Waals surface area contributed by atoms with E-state index >= 15 is 0 Å². The lowest BCUT2D eigenvalue weighted by molar-refractivity contribution is -0.870. The summed E-state index contributed by atoms with van der Waals surface area (Å²) in [4.78, 5) is 37.9. The molecule has 0 aromatic heterocycles. The lowest BCUT2D eigenvalue weighted by Gasteiger charge is -2.28. The van der Waals surface area contributed by atoms with E-state index in [1.165, 1.54) is 77.0 Å². The second-order valence-electron chi connectivity index (χ2n) is 21.0. The number of quaternary nitrogens is 1. The van der Waals surface area contributed by atoms with Gasteiger partial charge in [-0.1, -0.05) is 232 Å². The number of ether oxygens (including phenoxy) is 2. The zero-order valence-corrected chi connectivity index (χ0v) is 50.0. The van der Waals surface area contributed by atoms with Crippen LogP contribution in [0.4, 0.5) is 0 Å². The van der Waals surface area contributed by atoms with Crippen molar-refractivity contribution in [2.24, 2.45) is 0 Å².